The van der Waals surface area contributed by atoms with Crippen molar-refractivity contribution in [2.45, 2.75) is 26.2 Å². The van der Waals surface area contributed by atoms with Crippen molar-refractivity contribution in [1.82, 2.24) is 29.9 Å². The molecule has 0 aliphatic heterocycles. The molecule has 7 heteroatoms. The van der Waals surface area contributed by atoms with E-state index >= 15 is 0 Å². The molecule has 0 radical (unpaired) electrons. The molecule has 0 spiro atoms. The van der Waals surface area contributed by atoms with Gasteiger partial charge in [-0.2, -0.15) is 0 Å². The molecule has 0 saturated heterocycles. The molecule has 0 unspecified atom stereocenters. The molecule has 6 aromatic rings. The predicted octanol–water partition coefficient (Wildman–Crippen LogP) is 6.52. The van der Waals surface area contributed by atoms with Crippen LogP contribution in [-0.4, -0.2) is 29.9 Å². The molecule has 0 aliphatic rings. The summed E-state index contributed by atoms with van der Waals surface area (Å²) < 4.78 is 8.08. The lowest BCUT2D eigenvalue weighted by Gasteiger charge is -2.18. The van der Waals surface area contributed by atoms with Crippen molar-refractivity contribution in [3.8, 4) is 28.7 Å². The zero-order valence-corrected chi connectivity index (χ0v) is 20.3. The standard InChI is InChI=1S/C29H24N6O/c1-29(2,3)21-12-14-27(30-17-21)36-22-8-6-7-19(15-22)20-11-13-24-23-9-4-5-10-25(23)35(26(24)16-20)28-33-31-18-32-34-28/h4-18H,1-3H3. The van der Waals surface area contributed by atoms with Gasteiger partial charge in [-0.25, -0.2) is 4.98 Å². The molecule has 3 aromatic heterocycles. The fourth-order valence-electron chi connectivity index (χ4n) is 4.40. The summed E-state index contributed by atoms with van der Waals surface area (Å²) in [6.45, 7) is 6.50. The minimum absolute atomic E-state index is 0.0451. The van der Waals surface area contributed by atoms with E-state index in [0.29, 0.717) is 11.8 Å². The average molecular weight is 473 g/mol. The van der Waals surface area contributed by atoms with Crippen LogP contribution in [0.25, 0.3) is 38.9 Å². The molecule has 0 saturated carbocycles. The van der Waals surface area contributed by atoms with Crippen molar-refractivity contribution in [3.05, 3.63) is 97.0 Å². The average Bonchev–Trinajstić information content (AvgIpc) is 3.23. The lowest BCUT2D eigenvalue weighted by atomic mass is 9.88. The molecule has 0 N–H and O–H groups in total. The first kappa shape index (κ1) is 21.9. The van der Waals surface area contributed by atoms with Crippen LogP contribution >= 0.6 is 0 Å². The Hall–Kier alpha value is -4.65. The van der Waals surface area contributed by atoms with E-state index in [9.17, 15) is 0 Å². The van der Waals surface area contributed by atoms with Crippen molar-refractivity contribution in [2.75, 3.05) is 0 Å². The van der Waals surface area contributed by atoms with E-state index in [-0.39, 0.29) is 5.41 Å². The van der Waals surface area contributed by atoms with Gasteiger partial charge in [-0.1, -0.05) is 69.3 Å². The van der Waals surface area contributed by atoms with E-state index in [1.54, 1.807) is 0 Å². The quantitative estimate of drug-likeness (QED) is 0.291. The molecule has 3 heterocycles. The van der Waals surface area contributed by atoms with Gasteiger partial charge < -0.3 is 4.74 Å². The first-order chi connectivity index (χ1) is 17.5. The van der Waals surface area contributed by atoms with Crippen LogP contribution in [0.3, 0.4) is 0 Å². The second kappa shape index (κ2) is 8.53. The Morgan fingerprint density at radius 3 is 2.28 bits per heavy atom. The zero-order valence-electron chi connectivity index (χ0n) is 20.3. The number of nitrogens with zero attached hydrogens (tertiary/aromatic N) is 6. The van der Waals surface area contributed by atoms with Crippen LogP contribution < -0.4 is 4.74 Å². The third-order valence-electron chi connectivity index (χ3n) is 6.26. The second-order valence-electron chi connectivity index (χ2n) is 9.70. The van der Waals surface area contributed by atoms with Gasteiger partial charge in [-0.3, -0.25) is 4.57 Å². The smallest absolute Gasteiger partial charge is 0.273 e. The molecular formula is C29H24N6O. The van der Waals surface area contributed by atoms with Crippen LogP contribution in [0.1, 0.15) is 26.3 Å². The lowest BCUT2D eigenvalue weighted by Crippen LogP contribution is -2.11. The number of rotatable bonds is 4. The number of hydrogen-bond acceptors (Lipinski definition) is 6. The normalized spacial score (nSPS) is 11.8. The maximum absolute atomic E-state index is 6.08. The molecule has 0 fully saturated rings. The number of hydrogen-bond donors (Lipinski definition) is 0. The van der Waals surface area contributed by atoms with E-state index in [0.717, 1.165) is 38.7 Å². The minimum atomic E-state index is 0.0451. The molecule has 0 amide bonds. The van der Waals surface area contributed by atoms with Crippen molar-refractivity contribution >= 4 is 21.8 Å². The third-order valence-corrected chi connectivity index (χ3v) is 6.26. The Bertz CT molecular complexity index is 1690. The molecule has 36 heavy (non-hydrogen) atoms. The molecule has 0 bridgehead atoms. The third kappa shape index (κ3) is 3.94. The van der Waals surface area contributed by atoms with Crippen molar-refractivity contribution < 1.29 is 4.74 Å². The van der Waals surface area contributed by atoms with Crippen LogP contribution in [-0.2, 0) is 5.41 Å². The summed E-state index contributed by atoms with van der Waals surface area (Å²) in [6.07, 6.45) is 3.21. The summed E-state index contributed by atoms with van der Waals surface area (Å²) in [4.78, 5) is 4.50. The van der Waals surface area contributed by atoms with E-state index in [2.05, 4.69) is 88.6 Å². The summed E-state index contributed by atoms with van der Waals surface area (Å²) in [7, 11) is 0. The fourth-order valence-corrected chi connectivity index (χ4v) is 4.40. The zero-order chi connectivity index (χ0) is 24.7. The van der Waals surface area contributed by atoms with Gasteiger partial charge in [0.1, 0.15) is 5.75 Å². The molecule has 3 aromatic carbocycles. The Kier molecular flexibility index (Phi) is 5.18. The van der Waals surface area contributed by atoms with E-state index in [1.807, 2.05) is 47.2 Å². The highest BCUT2D eigenvalue weighted by Crippen LogP contribution is 2.35. The summed E-state index contributed by atoms with van der Waals surface area (Å²) in [5, 5.41) is 18.5. The molecule has 176 valence electrons. The Morgan fingerprint density at radius 1 is 0.722 bits per heavy atom. The molecule has 0 atom stereocenters. The highest BCUT2D eigenvalue weighted by atomic mass is 16.5. The lowest BCUT2D eigenvalue weighted by molar-refractivity contribution is 0.461. The van der Waals surface area contributed by atoms with Crippen LogP contribution in [0.15, 0.2) is 91.4 Å². The van der Waals surface area contributed by atoms with Gasteiger partial charge in [0.15, 0.2) is 6.33 Å². The Labute approximate surface area is 208 Å². The van der Waals surface area contributed by atoms with Gasteiger partial charge in [0, 0.05) is 23.0 Å². The SMILES string of the molecule is CC(C)(C)c1ccc(Oc2cccc(-c3ccc4c5ccccc5n(-c5nncnn5)c4c3)c2)nc1. The largest absolute Gasteiger partial charge is 0.439 e. The number of aromatic nitrogens is 6. The molecular weight excluding hydrogens is 448 g/mol. The highest BCUT2D eigenvalue weighted by Gasteiger charge is 2.16. The summed E-state index contributed by atoms with van der Waals surface area (Å²) in [6, 6.07) is 26.6. The minimum Gasteiger partial charge on any atom is -0.439 e. The fraction of sp³-hybridized carbons (Fsp3) is 0.138. The van der Waals surface area contributed by atoms with Gasteiger partial charge in [-0.05, 0) is 46.4 Å². The van der Waals surface area contributed by atoms with Gasteiger partial charge in [0.25, 0.3) is 5.95 Å². The Balaban J connectivity index is 1.40. The van der Waals surface area contributed by atoms with E-state index in [1.165, 1.54) is 11.9 Å². The number of ether oxygens (including phenoxy) is 1. The Morgan fingerprint density at radius 2 is 1.50 bits per heavy atom. The van der Waals surface area contributed by atoms with Crippen molar-refractivity contribution in [3.63, 3.8) is 0 Å². The summed E-state index contributed by atoms with van der Waals surface area (Å²) in [5.74, 6) is 1.73. The molecule has 7 nitrogen and oxygen atoms in total. The summed E-state index contributed by atoms with van der Waals surface area (Å²) >= 11 is 0. The van der Waals surface area contributed by atoms with E-state index in [4.69, 9.17) is 4.74 Å². The number of para-hydroxylation sites is 1. The van der Waals surface area contributed by atoms with Gasteiger partial charge >= 0.3 is 0 Å². The highest BCUT2D eigenvalue weighted by molar-refractivity contribution is 6.09. The monoisotopic (exact) mass is 472 g/mol. The van der Waals surface area contributed by atoms with Crippen molar-refractivity contribution in [2.24, 2.45) is 0 Å². The number of fused-ring (bicyclic) bond motifs is 3. The van der Waals surface area contributed by atoms with E-state index < -0.39 is 0 Å². The van der Waals surface area contributed by atoms with Crippen LogP contribution in [0, 0.1) is 0 Å². The first-order valence-electron chi connectivity index (χ1n) is 11.8. The molecule has 6 rings (SSSR count). The van der Waals surface area contributed by atoms with Gasteiger partial charge in [0.05, 0.1) is 11.0 Å². The van der Waals surface area contributed by atoms with Gasteiger partial charge in [-0.15, -0.1) is 20.4 Å². The number of benzene rings is 3. The summed E-state index contributed by atoms with van der Waals surface area (Å²) in [5.41, 5.74) is 5.27. The van der Waals surface area contributed by atoms with Gasteiger partial charge in [0.2, 0.25) is 5.88 Å². The first-order valence-corrected chi connectivity index (χ1v) is 11.8. The van der Waals surface area contributed by atoms with Crippen LogP contribution in [0.5, 0.6) is 11.6 Å². The van der Waals surface area contributed by atoms with Crippen LogP contribution in [0.4, 0.5) is 0 Å². The molecule has 0 aliphatic carbocycles. The number of pyridine rings is 1. The topological polar surface area (TPSA) is 78.6 Å². The van der Waals surface area contributed by atoms with Crippen LogP contribution in [0.2, 0.25) is 0 Å². The second-order valence-corrected chi connectivity index (χ2v) is 9.70. The maximum Gasteiger partial charge on any atom is 0.273 e. The maximum atomic E-state index is 6.08. The van der Waals surface area contributed by atoms with Crippen molar-refractivity contribution in [1.29, 1.82) is 0 Å². The predicted molar refractivity (Wildman–Crippen MR) is 140 cm³/mol.